The van der Waals surface area contributed by atoms with Crippen LogP contribution in [0.25, 0.3) is 0 Å². The van der Waals surface area contributed by atoms with Gasteiger partial charge in [0.05, 0.1) is 6.54 Å². The minimum atomic E-state index is 0.667. The maximum atomic E-state index is 4.34. The van der Waals surface area contributed by atoms with Crippen molar-refractivity contribution in [2.45, 2.75) is 38.6 Å². The van der Waals surface area contributed by atoms with E-state index in [1.54, 1.807) is 0 Å². The molecule has 3 nitrogen and oxygen atoms in total. The largest absolute Gasteiger partial charge is 0.355 e. The molecular weight excluding hydrogens is 162 g/mol. The van der Waals surface area contributed by atoms with E-state index in [-0.39, 0.29) is 0 Å². The first kappa shape index (κ1) is 8.85. The van der Waals surface area contributed by atoms with Gasteiger partial charge in [-0.15, -0.1) is 0 Å². The van der Waals surface area contributed by atoms with Crippen molar-refractivity contribution in [1.82, 2.24) is 10.6 Å². The van der Waals surface area contributed by atoms with Crippen molar-refractivity contribution in [1.29, 1.82) is 0 Å². The lowest BCUT2D eigenvalue weighted by atomic mass is 9.87. The lowest BCUT2D eigenvalue weighted by Gasteiger charge is -2.27. The zero-order valence-electron chi connectivity index (χ0n) is 8.34. The Balaban J connectivity index is 1.75. The average molecular weight is 181 g/mol. The Kier molecular flexibility index (Phi) is 2.71. The van der Waals surface area contributed by atoms with Crippen molar-refractivity contribution in [3.63, 3.8) is 0 Å². The summed E-state index contributed by atoms with van der Waals surface area (Å²) in [4.78, 5) is 4.34. The molecule has 0 aromatic heterocycles. The van der Waals surface area contributed by atoms with Crippen LogP contribution >= 0.6 is 0 Å². The highest BCUT2D eigenvalue weighted by Crippen LogP contribution is 2.23. The third kappa shape index (κ3) is 2.36. The van der Waals surface area contributed by atoms with E-state index in [1.807, 2.05) is 0 Å². The molecule has 0 radical (unpaired) electrons. The second-order valence-electron chi connectivity index (χ2n) is 4.26. The normalized spacial score (nSPS) is 33.8. The maximum Gasteiger partial charge on any atom is 0.191 e. The molecule has 0 unspecified atom stereocenters. The Bertz CT molecular complexity index is 192. The molecule has 1 heterocycles. The van der Waals surface area contributed by atoms with Gasteiger partial charge < -0.3 is 10.6 Å². The Labute approximate surface area is 80.0 Å². The van der Waals surface area contributed by atoms with Gasteiger partial charge in [-0.25, -0.2) is 0 Å². The van der Waals surface area contributed by atoms with Crippen LogP contribution in [0.4, 0.5) is 0 Å². The average Bonchev–Trinajstić information content (AvgIpc) is 2.62. The summed E-state index contributed by atoms with van der Waals surface area (Å²) in [5, 5.41) is 6.73. The first-order valence-corrected chi connectivity index (χ1v) is 5.39. The van der Waals surface area contributed by atoms with E-state index in [4.69, 9.17) is 0 Å². The van der Waals surface area contributed by atoms with Gasteiger partial charge in [-0.1, -0.05) is 6.92 Å². The van der Waals surface area contributed by atoms with Gasteiger partial charge in [-0.2, -0.15) is 0 Å². The van der Waals surface area contributed by atoms with Crippen LogP contribution in [0.1, 0.15) is 32.6 Å². The molecule has 13 heavy (non-hydrogen) atoms. The Morgan fingerprint density at radius 1 is 1.31 bits per heavy atom. The van der Waals surface area contributed by atoms with Crippen molar-refractivity contribution < 1.29 is 0 Å². The molecule has 1 aliphatic heterocycles. The maximum absolute atomic E-state index is 4.34. The molecule has 0 aromatic carbocycles. The number of hydrogen-bond donors (Lipinski definition) is 2. The summed E-state index contributed by atoms with van der Waals surface area (Å²) in [5.74, 6) is 1.95. The number of guanidine groups is 1. The van der Waals surface area contributed by atoms with Crippen molar-refractivity contribution in [2.24, 2.45) is 10.9 Å². The Morgan fingerprint density at radius 2 is 2.08 bits per heavy atom. The van der Waals surface area contributed by atoms with Crippen molar-refractivity contribution in [3.8, 4) is 0 Å². The molecule has 2 N–H and O–H groups in total. The van der Waals surface area contributed by atoms with Crippen LogP contribution in [0.3, 0.4) is 0 Å². The molecule has 0 aromatic rings. The van der Waals surface area contributed by atoms with Gasteiger partial charge >= 0.3 is 0 Å². The van der Waals surface area contributed by atoms with Crippen LogP contribution in [0.5, 0.6) is 0 Å². The number of rotatable bonds is 1. The quantitative estimate of drug-likeness (QED) is 0.636. The zero-order chi connectivity index (χ0) is 9.10. The van der Waals surface area contributed by atoms with Gasteiger partial charge in [0.25, 0.3) is 0 Å². The Morgan fingerprint density at radius 3 is 2.69 bits per heavy atom. The van der Waals surface area contributed by atoms with Crippen molar-refractivity contribution in [2.75, 3.05) is 13.1 Å². The van der Waals surface area contributed by atoms with Crippen LogP contribution in [0.2, 0.25) is 0 Å². The fourth-order valence-corrected chi connectivity index (χ4v) is 2.09. The van der Waals surface area contributed by atoms with E-state index in [0.717, 1.165) is 25.0 Å². The monoisotopic (exact) mass is 181 g/mol. The van der Waals surface area contributed by atoms with Crippen LogP contribution < -0.4 is 10.6 Å². The first-order chi connectivity index (χ1) is 6.34. The van der Waals surface area contributed by atoms with Crippen molar-refractivity contribution in [3.05, 3.63) is 0 Å². The molecule has 1 aliphatic carbocycles. The van der Waals surface area contributed by atoms with Gasteiger partial charge in [0, 0.05) is 12.6 Å². The lowest BCUT2D eigenvalue weighted by Crippen LogP contribution is -2.42. The van der Waals surface area contributed by atoms with Crippen LogP contribution in [-0.4, -0.2) is 25.1 Å². The van der Waals surface area contributed by atoms with E-state index in [0.29, 0.717) is 6.04 Å². The van der Waals surface area contributed by atoms with Crippen molar-refractivity contribution >= 4 is 5.96 Å². The van der Waals surface area contributed by atoms with Gasteiger partial charge in [0.15, 0.2) is 5.96 Å². The van der Waals surface area contributed by atoms with Gasteiger partial charge in [-0.3, -0.25) is 4.99 Å². The lowest BCUT2D eigenvalue weighted by molar-refractivity contribution is 0.330. The highest BCUT2D eigenvalue weighted by molar-refractivity contribution is 5.81. The molecule has 0 bridgehead atoms. The minimum absolute atomic E-state index is 0.667. The molecule has 0 amide bonds. The second-order valence-corrected chi connectivity index (χ2v) is 4.26. The molecular formula is C10H19N3. The standard InChI is InChI=1S/C10H19N3/c1-8-2-4-9(5-3-8)13-10-11-6-7-12-10/h8-9H,2-7H2,1H3,(H2,11,12,13). The molecule has 0 saturated heterocycles. The smallest absolute Gasteiger partial charge is 0.191 e. The summed E-state index contributed by atoms with van der Waals surface area (Å²) in [6.45, 7) is 4.29. The number of hydrogen-bond acceptors (Lipinski definition) is 3. The highest BCUT2D eigenvalue weighted by atomic mass is 15.2. The minimum Gasteiger partial charge on any atom is -0.355 e. The summed E-state index contributed by atoms with van der Waals surface area (Å²) in [7, 11) is 0. The third-order valence-corrected chi connectivity index (χ3v) is 3.03. The third-order valence-electron chi connectivity index (χ3n) is 3.03. The van der Waals surface area contributed by atoms with Crippen LogP contribution in [-0.2, 0) is 0 Å². The fourth-order valence-electron chi connectivity index (χ4n) is 2.09. The molecule has 0 spiro atoms. The Hall–Kier alpha value is -0.730. The van der Waals surface area contributed by atoms with Gasteiger partial charge in [0.1, 0.15) is 0 Å². The first-order valence-electron chi connectivity index (χ1n) is 5.39. The van der Waals surface area contributed by atoms with Crippen LogP contribution in [0, 0.1) is 5.92 Å². The summed E-state index contributed by atoms with van der Waals surface area (Å²) in [5.41, 5.74) is 0. The highest BCUT2D eigenvalue weighted by Gasteiger charge is 2.19. The molecule has 1 saturated carbocycles. The van der Waals surface area contributed by atoms with E-state index in [9.17, 15) is 0 Å². The fraction of sp³-hybridized carbons (Fsp3) is 0.900. The topological polar surface area (TPSA) is 36.4 Å². The van der Waals surface area contributed by atoms with E-state index in [2.05, 4.69) is 22.5 Å². The number of nitrogens with one attached hydrogen (secondary N) is 2. The summed E-state index contributed by atoms with van der Waals surface area (Å²) in [6.07, 6.45) is 5.35. The summed E-state index contributed by atoms with van der Waals surface area (Å²) in [6, 6.07) is 0.667. The summed E-state index contributed by atoms with van der Waals surface area (Å²) < 4.78 is 0. The van der Waals surface area contributed by atoms with E-state index < -0.39 is 0 Å². The predicted molar refractivity (Wildman–Crippen MR) is 54.9 cm³/mol. The second kappa shape index (κ2) is 3.99. The SMILES string of the molecule is CC1CCC(NC2=NCCN2)CC1. The van der Waals surface area contributed by atoms with E-state index >= 15 is 0 Å². The van der Waals surface area contributed by atoms with E-state index in [1.165, 1.54) is 25.7 Å². The molecule has 2 rings (SSSR count). The molecule has 0 atom stereocenters. The number of nitrogens with zero attached hydrogens (tertiary/aromatic N) is 1. The van der Waals surface area contributed by atoms with Crippen LogP contribution in [0.15, 0.2) is 4.99 Å². The number of aliphatic imine (C=N–C) groups is 1. The molecule has 74 valence electrons. The molecule has 2 aliphatic rings. The zero-order valence-corrected chi connectivity index (χ0v) is 8.34. The molecule has 1 fully saturated rings. The van der Waals surface area contributed by atoms with Gasteiger partial charge in [0.2, 0.25) is 0 Å². The summed E-state index contributed by atoms with van der Waals surface area (Å²) >= 11 is 0. The van der Waals surface area contributed by atoms with Gasteiger partial charge in [-0.05, 0) is 31.6 Å². The predicted octanol–water partition coefficient (Wildman–Crippen LogP) is 1.11. The molecule has 3 heteroatoms.